The number of carbonyl (C=O) groups excluding carboxylic acids is 2. The Kier molecular flexibility index (Phi) is 4.89. The number of anilines is 1. The van der Waals surface area contributed by atoms with Crippen molar-refractivity contribution in [2.45, 2.75) is 40.2 Å². The first-order valence-electron chi connectivity index (χ1n) is 8.60. The van der Waals surface area contributed by atoms with Crippen LogP contribution in [0.25, 0.3) is 10.9 Å². The molecule has 140 valence electrons. The predicted octanol–water partition coefficient (Wildman–Crippen LogP) is 2.79. The van der Waals surface area contributed by atoms with Gasteiger partial charge >= 0.3 is 0 Å². The fraction of sp³-hybridized carbons (Fsp3) is 0.316. The molecule has 0 aliphatic heterocycles. The van der Waals surface area contributed by atoms with Crippen molar-refractivity contribution >= 4 is 28.3 Å². The molecule has 0 saturated heterocycles. The summed E-state index contributed by atoms with van der Waals surface area (Å²) in [5.41, 5.74) is 1.35. The average molecular weight is 368 g/mol. The summed E-state index contributed by atoms with van der Waals surface area (Å²) in [6, 6.07) is 5.76. The summed E-state index contributed by atoms with van der Waals surface area (Å²) >= 11 is 0. The molecule has 1 aromatic carbocycles. The molecule has 1 amide bonds. The van der Waals surface area contributed by atoms with Crippen LogP contribution < -0.4 is 10.9 Å². The van der Waals surface area contributed by atoms with Crippen molar-refractivity contribution in [3.05, 3.63) is 51.6 Å². The number of fused-ring (bicyclic) bond motifs is 1. The Morgan fingerprint density at radius 2 is 1.89 bits per heavy atom. The van der Waals surface area contributed by atoms with Gasteiger partial charge in [-0.05, 0) is 51.5 Å². The van der Waals surface area contributed by atoms with E-state index in [1.54, 1.807) is 45.0 Å². The van der Waals surface area contributed by atoms with Crippen LogP contribution in [-0.4, -0.2) is 26.6 Å². The molecule has 0 bridgehead atoms. The smallest absolute Gasteiger partial charge is 0.297 e. The van der Waals surface area contributed by atoms with Crippen molar-refractivity contribution in [2.75, 3.05) is 5.32 Å². The highest BCUT2D eigenvalue weighted by Crippen LogP contribution is 2.20. The monoisotopic (exact) mass is 368 g/mol. The lowest BCUT2D eigenvalue weighted by Crippen LogP contribution is -2.35. The number of rotatable bonds is 5. The van der Waals surface area contributed by atoms with Crippen LogP contribution in [-0.2, 0) is 4.79 Å². The van der Waals surface area contributed by atoms with Gasteiger partial charge in [-0.1, -0.05) is 12.1 Å². The SMILES string of the molecule is CCC(C(=O)Nc1ccc(C(C)=O)cc1)n1nc(C)c2c(C)onc2c1=O. The number of aryl methyl sites for hydroxylation is 2. The molecule has 3 rings (SSSR count). The molecule has 1 N–H and O–H groups in total. The van der Waals surface area contributed by atoms with Crippen LogP contribution in [0.2, 0.25) is 0 Å². The average Bonchev–Trinajstić information content (AvgIpc) is 3.02. The molecule has 8 heteroatoms. The van der Waals surface area contributed by atoms with Crippen molar-refractivity contribution in [1.82, 2.24) is 14.9 Å². The topological polar surface area (TPSA) is 107 Å². The van der Waals surface area contributed by atoms with Crippen LogP contribution in [0.3, 0.4) is 0 Å². The Labute approximate surface area is 155 Å². The van der Waals surface area contributed by atoms with Gasteiger partial charge in [-0.25, -0.2) is 4.68 Å². The normalized spacial score (nSPS) is 12.1. The number of nitrogens with one attached hydrogen (secondary N) is 1. The van der Waals surface area contributed by atoms with Gasteiger partial charge in [0.2, 0.25) is 5.91 Å². The second kappa shape index (κ2) is 7.14. The molecule has 8 nitrogen and oxygen atoms in total. The summed E-state index contributed by atoms with van der Waals surface area (Å²) in [6.07, 6.45) is 0.367. The number of benzene rings is 1. The molecule has 0 aliphatic rings. The third-order valence-corrected chi connectivity index (χ3v) is 4.44. The van der Waals surface area contributed by atoms with Gasteiger partial charge in [-0.15, -0.1) is 0 Å². The highest BCUT2D eigenvalue weighted by molar-refractivity contribution is 5.96. The second-order valence-electron chi connectivity index (χ2n) is 6.34. The van der Waals surface area contributed by atoms with E-state index in [9.17, 15) is 14.4 Å². The van der Waals surface area contributed by atoms with E-state index in [2.05, 4.69) is 15.6 Å². The fourth-order valence-electron chi connectivity index (χ4n) is 3.00. The van der Waals surface area contributed by atoms with Gasteiger partial charge in [-0.3, -0.25) is 14.4 Å². The molecular formula is C19H20N4O4. The molecule has 1 unspecified atom stereocenters. The standard InChI is InChI=1S/C19H20N4O4/c1-5-15(18(25)20-14-8-6-13(7-9-14)11(3)24)23-19(26)17-16(10(2)21-23)12(4)27-22-17/h6-9,15H,5H2,1-4H3,(H,20,25). The third-order valence-electron chi connectivity index (χ3n) is 4.44. The minimum Gasteiger partial charge on any atom is -0.360 e. The maximum atomic E-state index is 12.7. The number of hydrogen-bond donors (Lipinski definition) is 1. The van der Waals surface area contributed by atoms with E-state index < -0.39 is 11.6 Å². The van der Waals surface area contributed by atoms with Crippen molar-refractivity contribution in [3.8, 4) is 0 Å². The number of aromatic nitrogens is 3. The maximum Gasteiger partial charge on any atom is 0.297 e. The Hall–Kier alpha value is -3.29. The van der Waals surface area contributed by atoms with Crippen LogP contribution >= 0.6 is 0 Å². The van der Waals surface area contributed by atoms with E-state index in [4.69, 9.17) is 4.52 Å². The lowest BCUT2D eigenvalue weighted by atomic mass is 10.1. The Bertz CT molecular complexity index is 1080. The first kappa shape index (κ1) is 18.5. The van der Waals surface area contributed by atoms with Gasteiger partial charge in [0.25, 0.3) is 5.56 Å². The molecule has 2 heterocycles. The number of nitrogens with zero attached hydrogens (tertiary/aromatic N) is 3. The Morgan fingerprint density at radius 1 is 1.22 bits per heavy atom. The maximum absolute atomic E-state index is 12.7. The summed E-state index contributed by atoms with van der Waals surface area (Å²) in [7, 11) is 0. The molecule has 1 atom stereocenters. The van der Waals surface area contributed by atoms with Gasteiger partial charge in [0, 0.05) is 11.3 Å². The van der Waals surface area contributed by atoms with Crippen molar-refractivity contribution in [1.29, 1.82) is 0 Å². The van der Waals surface area contributed by atoms with Gasteiger partial charge in [0.15, 0.2) is 11.3 Å². The van der Waals surface area contributed by atoms with E-state index in [-0.39, 0.29) is 17.2 Å². The van der Waals surface area contributed by atoms with Gasteiger partial charge in [0.05, 0.1) is 11.1 Å². The zero-order valence-electron chi connectivity index (χ0n) is 15.6. The molecule has 0 fully saturated rings. The first-order valence-corrected chi connectivity index (χ1v) is 8.60. The molecule has 27 heavy (non-hydrogen) atoms. The molecular weight excluding hydrogens is 348 g/mol. The zero-order chi connectivity index (χ0) is 19.7. The highest BCUT2D eigenvalue weighted by atomic mass is 16.5. The quantitative estimate of drug-likeness (QED) is 0.694. The van der Waals surface area contributed by atoms with Gasteiger partial charge in [-0.2, -0.15) is 5.10 Å². The lowest BCUT2D eigenvalue weighted by Gasteiger charge is -2.17. The summed E-state index contributed by atoms with van der Waals surface area (Å²) in [5, 5.41) is 11.5. The number of Topliss-reactive ketones (excluding diaryl/α,β-unsaturated/α-hetero) is 1. The molecule has 0 saturated carbocycles. The van der Waals surface area contributed by atoms with Gasteiger partial charge < -0.3 is 9.84 Å². The van der Waals surface area contributed by atoms with Crippen LogP contribution in [0.15, 0.2) is 33.6 Å². The lowest BCUT2D eigenvalue weighted by molar-refractivity contribution is -0.119. The largest absolute Gasteiger partial charge is 0.360 e. The Morgan fingerprint density at radius 3 is 2.48 bits per heavy atom. The third kappa shape index (κ3) is 3.38. The summed E-state index contributed by atoms with van der Waals surface area (Å²) < 4.78 is 6.25. The van der Waals surface area contributed by atoms with E-state index in [1.165, 1.54) is 6.92 Å². The molecule has 0 aliphatic carbocycles. The summed E-state index contributed by atoms with van der Waals surface area (Å²) in [4.78, 5) is 36.8. The first-order chi connectivity index (χ1) is 12.8. The predicted molar refractivity (Wildman–Crippen MR) is 99.9 cm³/mol. The summed E-state index contributed by atoms with van der Waals surface area (Å²) in [5.74, 6) is 0.0886. The van der Waals surface area contributed by atoms with E-state index in [1.807, 2.05) is 0 Å². The number of carbonyl (C=O) groups is 2. The van der Waals surface area contributed by atoms with Crippen LogP contribution in [0.4, 0.5) is 5.69 Å². The molecule has 0 radical (unpaired) electrons. The molecule has 2 aromatic heterocycles. The molecule has 0 spiro atoms. The van der Waals surface area contributed by atoms with E-state index in [0.29, 0.717) is 34.5 Å². The number of amides is 1. The number of ketones is 1. The minimum atomic E-state index is -0.801. The van der Waals surface area contributed by atoms with E-state index in [0.717, 1.165) is 4.68 Å². The van der Waals surface area contributed by atoms with Gasteiger partial charge in [0.1, 0.15) is 11.8 Å². The summed E-state index contributed by atoms with van der Waals surface area (Å²) in [6.45, 7) is 6.73. The van der Waals surface area contributed by atoms with Crippen molar-refractivity contribution in [3.63, 3.8) is 0 Å². The van der Waals surface area contributed by atoms with E-state index >= 15 is 0 Å². The second-order valence-corrected chi connectivity index (χ2v) is 6.34. The Balaban J connectivity index is 1.93. The minimum absolute atomic E-state index is 0.0539. The number of hydrogen-bond acceptors (Lipinski definition) is 6. The molecule has 3 aromatic rings. The highest BCUT2D eigenvalue weighted by Gasteiger charge is 2.24. The van der Waals surface area contributed by atoms with Crippen molar-refractivity contribution in [2.24, 2.45) is 0 Å². The zero-order valence-corrected chi connectivity index (χ0v) is 15.6. The van der Waals surface area contributed by atoms with Crippen molar-refractivity contribution < 1.29 is 14.1 Å². The van der Waals surface area contributed by atoms with Crippen LogP contribution in [0.1, 0.15) is 48.1 Å². The van der Waals surface area contributed by atoms with Crippen LogP contribution in [0, 0.1) is 13.8 Å². The fourth-order valence-corrected chi connectivity index (χ4v) is 3.00. The van der Waals surface area contributed by atoms with Crippen LogP contribution in [0.5, 0.6) is 0 Å².